The molecule has 0 aliphatic carbocycles. The molecule has 1 unspecified atom stereocenters. The van der Waals surface area contributed by atoms with Gasteiger partial charge in [0.05, 0.1) is 23.4 Å². The smallest absolute Gasteiger partial charge is 0.253 e. The third-order valence-electron chi connectivity index (χ3n) is 6.06. The van der Waals surface area contributed by atoms with Crippen LogP contribution in [0.5, 0.6) is 0 Å². The van der Waals surface area contributed by atoms with Gasteiger partial charge in [-0.2, -0.15) is 0 Å². The molecule has 3 aromatic rings. The highest BCUT2D eigenvalue weighted by atomic mass is 32.2. The molecule has 0 spiro atoms. The van der Waals surface area contributed by atoms with Crippen LogP contribution < -0.4 is 15.4 Å². The maximum absolute atomic E-state index is 13.0. The Bertz CT molecular complexity index is 1350. The average Bonchev–Trinajstić information content (AvgIpc) is 2.85. The molecule has 3 rings (SSSR count). The van der Waals surface area contributed by atoms with E-state index in [2.05, 4.69) is 48.3 Å². The first-order valence-electron chi connectivity index (χ1n) is 12.1. The predicted molar refractivity (Wildman–Crippen MR) is 148 cm³/mol. The normalized spacial score (nSPS) is 12.5. The zero-order valence-electron chi connectivity index (χ0n) is 22.0. The number of hydrogen-bond acceptors (Lipinski definition) is 4. The molecular formula is C29H35N3O4S. The SMILES string of the molecule is CC(C(=O)NCc1ccc(C(C)(C)C)cc1)c1ccc(NS(C)(=O)=O)c(C(=O)NCc2ccccc2)c1. The van der Waals surface area contributed by atoms with Gasteiger partial charge in [0.25, 0.3) is 5.91 Å². The second-order valence-electron chi connectivity index (χ2n) is 10.2. The van der Waals surface area contributed by atoms with Crippen LogP contribution in [0.3, 0.4) is 0 Å². The van der Waals surface area contributed by atoms with Crippen LogP contribution in [0.1, 0.15) is 66.2 Å². The molecule has 0 aliphatic heterocycles. The summed E-state index contributed by atoms with van der Waals surface area (Å²) in [5.74, 6) is -1.19. The van der Waals surface area contributed by atoms with E-state index < -0.39 is 21.8 Å². The lowest BCUT2D eigenvalue weighted by Crippen LogP contribution is -2.28. The van der Waals surface area contributed by atoms with Crippen LogP contribution >= 0.6 is 0 Å². The van der Waals surface area contributed by atoms with Gasteiger partial charge < -0.3 is 10.6 Å². The summed E-state index contributed by atoms with van der Waals surface area (Å²) in [6.07, 6.45) is 1.02. The van der Waals surface area contributed by atoms with Crippen LogP contribution in [0.25, 0.3) is 0 Å². The van der Waals surface area contributed by atoms with Crippen molar-refractivity contribution >= 4 is 27.5 Å². The van der Waals surface area contributed by atoms with Crippen molar-refractivity contribution in [3.63, 3.8) is 0 Å². The molecule has 0 bridgehead atoms. The van der Waals surface area contributed by atoms with E-state index in [0.29, 0.717) is 12.1 Å². The fraction of sp³-hybridized carbons (Fsp3) is 0.310. The Balaban J connectivity index is 1.75. The Morgan fingerprint density at radius 2 is 1.43 bits per heavy atom. The van der Waals surface area contributed by atoms with Gasteiger partial charge in [-0.15, -0.1) is 0 Å². The van der Waals surface area contributed by atoms with Gasteiger partial charge in [-0.1, -0.05) is 81.4 Å². The number of nitrogens with one attached hydrogen (secondary N) is 3. The van der Waals surface area contributed by atoms with Crippen molar-refractivity contribution in [3.8, 4) is 0 Å². The fourth-order valence-corrected chi connectivity index (χ4v) is 4.37. The largest absolute Gasteiger partial charge is 0.352 e. The molecule has 37 heavy (non-hydrogen) atoms. The standard InChI is InChI=1S/C29H35N3O4S/c1-20(27(33)30-19-22-11-14-24(15-12-22)29(2,3)4)23-13-16-26(32-37(5,35)36)25(17-23)28(34)31-18-21-9-7-6-8-10-21/h6-17,20,32H,18-19H2,1-5H3,(H,30,33)(H,31,34). The van der Waals surface area contributed by atoms with Crippen LogP contribution in [0.2, 0.25) is 0 Å². The zero-order valence-corrected chi connectivity index (χ0v) is 22.8. The summed E-state index contributed by atoms with van der Waals surface area (Å²) in [7, 11) is -3.61. The summed E-state index contributed by atoms with van der Waals surface area (Å²) >= 11 is 0. The number of carbonyl (C=O) groups is 2. The number of amides is 2. The molecule has 0 aromatic heterocycles. The molecule has 3 aromatic carbocycles. The number of rotatable bonds is 9. The van der Waals surface area contributed by atoms with E-state index in [1.165, 1.54) is 11.6 Å². The van der Waals surface area contributed by atoms with E-state index in [1.807, 2.05) is 42.5 Å². The van der Waals surface area contributed by atoms with E-state index in [-0.39, 0.29) is 29.1 Å². The number of sulfonamides is 1. The van der Waals surface area contributed by atoms with Gasteiger partial charge in [0.2, 0.25) is 15.9 Å². The van der Waals surface area contributed by atoms with Crippen LogP contribution in [-0.4, -0.2) is 26.5 Å². The van der Waals surface area contributed by atoms with Crippen LogP contribution in [-0.2, 0) is 33.3 Å². The molecule has 0 radical (unpaired) electrons. The van der Waals surface area contributed by atoms with Gasteiger partial charge in [-0.3, -0.25) is 14.3 Å². The molecule has 3 N–H and O–H groups in total. The van der Waals surface area contributed by atoms with Gasteiger partial charge in [-0.25, -0.2) is 8.42 Å². The highest BCUT2D eigenvalue weighted by Crippen LogP contribution is 2.25. The molecule has 0 heterocycles. The average molecular weight is 522 g/mol. The minimum Gasteiger partial charge on any atom is -0.352 e. The summed E-state index contributed by atoms with van der Waals surface area (Å²) in [5.41, 5.74) is 4.08. The number of benzene rings is 3. The first-order chi connectivity index (χ1) is 17.3. The molecule has 7 nitrogen and oxygen atoms in total. The summed E-state index contributed by atoms with van der Waals surface area (Å²) in [5, 5.41) is 5.78. The Kier molecular flexibility index (Phi) is 8.76. The molecule has 2 amide bonds. The van der Waals surface area contributed by atoms with Crippen molar-refractivity contribution in [2.75, 3.05) is 11.0 Å². The van der Waals surface area contributed by atoms with E-state index in [9.17, 15) is 18.0 Å². The van der Waals surface area contributed by atoms with Gasteiger partial charge >= 0.3 is 0 Å². The van der Waals surface area contributed by atoms with E-state index in [1.54, 1.807) is 19.1 Å². The second-order valence-corrected chi connectivity index (χ2v) is 12.0. The molecule has 0 fully saturated rings. The third-order valence-corrected chi connectivity index (χ3v) is 6.65. The third kappa shape index (κ3) is 8.18. The first-order valence-corrected chi connectivity index (χ1v) is 14.0. The quantitative estimate of drug-likeness (QED) is 0.379. The highest BCUT2D eigenvalue weighted by molar-refractivity contribution is 7.92. The molecule has 1 atom stereocenters. The van der Waals surface area contributed by atoms with Gasteiger partial charge in [-0.05, 0) is 46.7 Å². The van der Waals surface area contributed by atoms with Crippen LogP contribution in [0, 0.1) is 0 Å². The Morgan fingerprint density at radius 1 is 0.838 bits per heavy atom. The van der Waals surface area contributed by atoms with Crippen molar-refractivity contribution in [2.24, 2.45) is 0 Å². The topological polar surface area (TPSA) is 104 Å². The zero-order chi connectivity index (χ0) is 27.2. The Morgan fingerprint density at radius 3 is 2.03 bits per heavy atom. The van der Waals surface area contributed by atoms with Crippen molar-refractivity contribution in [2.45, 2.75) is 52.1 Å². The van der Waals surface area contributed by atoms with Crippen molar-refractivity contribution in [3.05, 3.63) is 101 Å². The molecule has 0 saturated carbocycles. The summed E-state index contributed by atoms with van der Waals surface area (Å²) in [4.78, 5) is 26.0. The molecule has 196 valence electrons. The number of hydrogen-bond donors (Lipinski definition) is 3. The van der Waals surface area contributed by atoms with E-state index in [0.717, 1.165) is 17.4 Å². The minimum absolute atomic E-state index is 0.0551. The number of carbonyl (C=O) groups excluding carboxylic acids is 2. The lowest BCUT2D eigenvalue weighted by molar-refractivity contribution is -0.122. The monoisotopic (exact) mass is 521 g/mol. The predicted octanol–water partition coefficient (Wildman–Crippen LogP) is 4.71. The van der Waals surface area contributed by atoms with Crippen LogP contribution in [0.4, 0.5) is 5.69 Å². The van der Waals surface area contributed by atoms with Crippen LogP contribution in [0.15, 0.2) is 72.8 Å². The molecular weight excluding hydrogens is 486 g/mol. The maximum atomic E-state index is 13.0. The Hall–Kier alpha value is -3.65. The maximum Gasteiger partial charge on any atom is 0.253 e. The van der Waals surface area contributed by atoms with Crippen molar-refractivity contribution in [1.29, 1.82) is 0 Å². The minimum atomic E-state index is -3.61. The second kappa shape index (κ2) is 11.6. The first kappa shape index (κ1) is 27.9. The van der Waals surface area contributed by atoms with Gasteiger partial charge in [0, 0.05) is 13.1 Å². The van der Waals surface area contributed by atoms with Crippen molar-refractivity contribution < 1.29 is 18.0 Å². The lowest BCUT2D eigenvalue weighted by atomic mass is 9.87. The molecule has 8 heteroatoms. The van der Waals surface area contributed by atoms with Crippen molar-refractivity contribution in [1.82, 2.24) is 10.6 Å². The molecule has 0 saturated heterocycles. The van der Waals surface area contributed by atoms with Gasteiger partial charge in [0.15, 0.2) is 0 Å². The summed E-state index contributed by atoms with van der Waals surface area (Å²) in [6, 6.07) is 22.3. The highest BCUT2D eigenvalue weighted by Gasteiger charge is 2.21. The van der Waals surface area contributed by atoms with Gasteiger partial charge in [0.1, 0.15) is 0 Å². The summed E-state index contributed by atoms with van der Waals surface area (Å²) in [6.45, 7) is 8.87. The number of anilines is 1. The van der Waals surface area contributed by atoms with E-state index >= 15 is 0 Å². The fourth-order valence-electron chi connectivity index (χ4n) is 3.80. The lowest BCUT2D eigenvalue weighted by Gasteiger charge is -2.19. The Labute approximate surface area is 219 Å². The van der Waals surface area contributed by atoms with E-state index in [4.69, 9.17) is 0 Å². The molecule has 0 aliphatic rings. The summed E-state index contributed by atoms with van der Waals surface area (Å²) < 4.78 is 26.1.